The summed E-state index contributed by atoms with van der Waals surface area (Å²) in [6.45, 7) is 17.2. The van der Waals surface area contributed by atoms with Gasteiger partial charge in [-0.05, 0) is 71.6 Å². The lowest BCUT2D eigenvalue weighted by molar-refractivity contribution is -0.124. The van der Waals surface area contributed by atoms with Crippen molar-refractivity contribution >= 4 is 12.0 Å². The van der Waals surface area contributed by atoms with Gasteiger partial charge in [-0.1, -0.05) is 103 Å². The molecule has 2 amide bonds. The molecule has 1 atom stereocenters. The third-order valence-corrected chi connectivity index (χ3v) is 6.98. The number of hydrogen-bond donors (Lipinski definition) is 2. The Balaban J connectivity index is 4.77. The van der Waals surface area contributed by atoms with Gasteiger partial charge >= 0.3 is 6.09 Å². The zero-order valence-corrected chi connectivity index (χ0v) is 26.5. The molecule has 0 bridgehead atoms. The average Bonchev–Trinajstić information content (AvgIpc) is 2.84. The van der Waals surface area contributed by atoms with E-state index in [1.807, 2.05) is 32.9 Å². The van der Waals surface area contributed by atoms with E-state index in [9.17, 15) is 9.59 Å². The van der Waals surface area contributed by atoms with Crippen molar-refractivity contribution in [2.45, 2.75) is 174 Å². The van der Waals surface area contributed by atoms with Gasteiger partial charge in [0.1, 0.15) is 11.6 Å². The van der Waals surface area contributed by atoms with Crippen molar-refractivity contribution in [1.29, 1.82) is 0 Å². The predicted octanol–water partition coefficient (Wildman–Crippen LogP) is 9.80. The Hall–Kier alpha value is -1.78. The Kier molecular flexibility index (Phi) is 23.0. The highest BCUT2D eigenvalue weighted by molar-refractivity contribution is 5.85. The summed E-state index contributed by atoms with van der Waals surface area (Å²) in [6.07, 6.45) is 25.8. The quantitative estimate of drug-likeness (QED) is 0.0881. The van der Waals surface area contributed by atoms with Gasteiger partial charge in [-0.3, -0.25) is 4.79 Å². The Morgan fingerprint density at radius 3 is 1.49 bits per heavy atom. The first kappa shape index (κ1) is 37.2. The normalized spacial score (nSPS) is 12.4. The summed E-state index contributed by atoms with van der Waals surface area (Å²) in [5, 5.41) is 6.15. The van der Waals surface area contributed by atoms with Gasteiger partial charge < -0.3 is 15.4 Å². The summed E-state index contributed by atoms with van der Waals surface area (Å²) in [5.74, 6) is 0.205. The van der Waals surface area contributed by atoms with E-state index in [4.69, 9.17) is 4.74 Å². The summed E-state index contributed by atoms with van der Waals surface area (Å²) in [6, 6.07) is -0.415. The van der Waals surface area contributed by atoms with Gasteiger partial charge in [0, 0.05) is 6.04 Å². The molecule has 0 rings (SSSR count). The van der Waals surface area contributed by atoms with Crippen molar-refractivity contribution in [3.63, 3.8) is 0 Å². The van der Waals surface area contributed by atoms with Gasteiger partial charge in [-0.15, -0.1) is 13.2 Å². The number of carbonyl (C=O) groups is 2. The number of hydrogen-bond acceptors (Lipinski definition) is 3. The number of allylic oxidation sites excluding steroid dienone is 2. The number of amides is 2. The van der Waals surface area contributed by atoms with Crippen molar-refractivity contribution in [2.75, 3.05) is 0 Å². The van der Waals surface area contributed by atoms with Crippen LogP contribution in [0, 0.1) is 5.92 Å². The van der Waals surface area contributed by atoms with Crippen LogP contribution < -0.4 is 10.6 Å². The maximum atomic E-state index is 13.3. The van der Waals surface area contributed by atoms with Gasteiger partial charge in [0.15, 0.2) is 0 Å². The van der Waals surface area contributed by atoms with E-state index in [2.05, 4.69) is 37.6 Å². The maximum Gasteiger partial charge on any atom is 0.408 e. The van der Waals surface area contributed by atoms with Crippen LogP contribution in [0.2, 0.25) is 0 Å². The molecule has 0 aliphatic heterocycles. The molecule has 0 spiro atoms. The van der Waals surface area contributed by atoms with Gasteiger partial charge in [-0.2, -0.15) is 0 Å². The molecule has 2 N–H and O–H groups in total. The van der Waals surface area contributed by atoms with Crippen LogP contribution in [0.1, 0.15) is 157 Å². The summed E-state index contributed by atoms with van der Waals surface area (Å²) >= 11 is 0. The molecule has 0 aliphatic rings. The van der Waals surface area contributed by atoms with Crippen LogP contribution in [0.3, 0.4) is 0 Å². The molecule has 0 saturated heterocycles. The number of alkyl carbamates (subject to hydrolysis) is 1. The highest BCUT2D eigenvalue weighted by atomic mass is 16.6. The number of unbranched alkanes of at least 4 members (excludes halogenated alkanes) is 14. The van der Waals surface area contributed by atoms with Crippen molar-refractivity contribution in [1.82, 2.24) is 10.6 Å². The van der Waals surface area contributed by atoms with Crippen LogP contribution in [0.15, 0.2) is 25.3 Å². The largest absolute Gasteiger partial charge is 0.444 e. The topological polar surface area (TPSA) is 67.4 Å². The van der Waals surface area contributed by atoms with E-state index >= 15 is 0 Å². The highest BCUT2D eigenvalue weighted by Gasteiger charge is 2.26. The summed E-state index contributed by atoms with van der Waals surface area (Å²) in [4.78, 5) is 25.7. The zero-order chi connectivity index (χ0) is 29.4. The van der Waals surface area contributed by atoms with Gasteiger partial charge in [0.25, 0.3) is 0 Å². The molecule has 0 aromatic heterocycles. The van der Waals surface area contributed by atoms with E-state index in [1.54, 1.807) is 0 Å². The molecule has 0 aliphatic carbocycles. The molecule has 0 aromatic rings. The van der Waals surface area contributed by atoms with Gasteiger partial charge in [0.2, 0.25) is 5.91 Å². The minimum atomic E-state index is -0.594. The third kappa shape index (κ3) is 25.0. The lowest BCUT2D eigenvalue weighted by Crippen LogP contribution is -2.51. The molecule has 0 fully saturated rings. The number of carbonyl (C=O) groups excluding carboxylic acids is 2. The minimum Gasteiger partial charge on any atom is -0.444 e. The van der Waals surface area contributed by atoms with Crippen molar-refractivity contribution < 1.29 is 14.3 Å². The Morgan fingerprint density at radius 2 is 1.10 bits per heavy atom. The summed E-state index contributed by atoms with van der Waals surface area (Å²) < 4.78 is 5.43. The molecule has 228 valence electrons. The van der Waals surface area contributed by atoms with Gasteiger partial charge in [-0.25, -0.2) is 4.79 Å². The maximum absolute atomic E-state index is 13.3. The van der Waals surface area contributed by atoms with Crippen LogP contribution in [0.4, 0.5) is 4.79 Å². The average molecular weight is 549 g/mol. The zero-order valence-electron chi connectivity index (χ0n) is 26.5. The standard InChI is InChI=1S/C34H64N2O3/c1-8-10-12-14-16-18-20-22-24-26-30(27-25-23-21-19-17-15-13-11-9-2)35-32(37)31(28-29(3)4)36-33(38)39-34(5,6)7/h8-9,29-31H,1-2,10-28H2,3-7H3,(H,35,37)(H,36,38)/t31-/m0/s1. The summed E-state index contributed by atoms with van der Waals surface area (Å²) in [5.41, 5.74) is -0.594. The van der Waals surface area contributed by atoms with Crippen LogP contribution in [-0.4, -0.2) is 29.7 Å². The molecule has 0 heterocycles. The highest BCUT2D eigenvalue weighted by Crippen LogP contribution is 2.17. The molecular weight excluding hydrogens is 484 g/mol. The van der Waals surface area contributed by atoms with Crippen molar-refractivity contribution in [3.05, 3.63) is 25.3 Å². The van der Waals surface area contributed by atoms with Crippen molar-refractivity contribution in [2.24, 2.45) is 5.92 Å². The van der Waals surface area contributed by atoms with E-state index in [1.165, 1.54) is 77.0 Å². The van der Waals surface area contributed by atoms with E-state index in [0.717, 1.165) is 38.5 Å². The van der Waals surface area contributed by atoms with Crippen LogP contribution >= 0.6 is 0 Å². The molecule has 5 heteroatoms. The first-order valence-electron chi connectivity index (χ1n) is 16.1. The van der Waals surface area contributed by atoms with Crippen LogP contribution in [-0.2, 0) is 9.53 Å². The molecule has 5 nitrogen and oxygen atoms in total. The fraction of sp³-hybridized carbons (Fsp3) is 0.824. The second-order valence-electron chi connectivity index (χ2n) is 12.7. The molecule has 0 unspecified atom stereocenters. The lowest BCUT2D eigenvalue weighted by Gasteiger charge is -2.26. The first-order valence-corrected chi connectivity index (χ1v) is 16.1. The van der Waals surface area contributed by atoms with Gasteiger partial charge in [0.05, 0.1) is 0 Å². The van der Waals surface area contributed by atoms with Crippen LogP contribution in [0.25, 0.3) is 0 Å². The Morgan fingerprint density at radius 1 is 0.692 bits per heavy atom. The second kappa shape index (κ2) is 24.1. The summed E-state index contributed by atoms with van der Waals surface area (Å²) in [7, 11) is 0. The first-order chi connectivity index (χ1) is 18.6. The van der Waals surface area contributed by atoms with E-state index < -0.39 is 17.7 Å². The minimum absolute atomic E-state index is 0.0796. The Bertz CT molecular complexity index is 613. The second-order valence-corrected chi connectivity index (χ2v) is 12.7. The number of ether oxygens (including phenoxy) is 1. The fourth-order valence-electron chi connectivity index (χ4n) is 4.87. The van der Waals surface area contributed by atoms with E-state index in [0.29, 0.717) is 6.42 Å². The SMILES string of the molecule is C=CCCCCCCCCCC(CCCCCCCCCC=C)NC(=O)[C@H](CC(C)C)NC(=O)OC(C)(C)C. The predicted molar refractivity (Wildman–Crippen MR) is 168 cm³/mol. The molecule has 0 radical (unpaired) electrons. The monoisotopic (exact) mass is 548 g/mol. The van der Waals surface area contributed by atoms with Crippen LogP contribution in [0.5, 0.6) is 0 Å². The number of nitrogens with one attached hydrogen (secondary N) is 2. The third-order valence-electron chi connectivity index (χ3n) is 6.98. The van der Waals surface area contributed by atoms with E-state index in [-0.39, 0.29) is 17.9 Å². The lowest BCUT2D eigenvalue weighted by atomic mass is 9.98. The molecule has 0 saturated carbocycles. The van der Waals surface area contributed by atoms with Crippen molar-refractivity contribution in [3.8, 4) is 0 Å². The fourth-order valence-corrected chi connectivity index (χ4v) is 4.87. The number of rotatable bonds is 25. The molecular formula is C34H64N2O3. The smallest absolute Gasteiger partial charge is 0.408 e. The Labute approximate surface area is 242 Å². The molecule has 39 heavy (non-hydrogen) atoms. The molecule has 0 aromatic carbocycles.